The van der Waals surface area contributed by atoms with Gasteiger partial charge in [0.1, 0.15) is 11.9 Å². The Labute approximate surface area is 112 Å². The van der Waals surface area contributed by atoms with Crippen LogP contribution in [0.3, 0.4) is 0 Å². The Bertz CT molecular complexity index is 516. The molecule has 1 aliphatic rings. The van der Waals surface area contributed by atoms with Gasteiger partial charge in [-0.15, -0.1) is 0 Å². The summed E-state index contributed by atoms with van der Waals surface area (Å²) in [5.41, 5.74) is 1.01. The molecule has 100 valence electrons. The SMILES string of the molecule is CC(=O)N1CCN(Cc2ccc(F)c(C#N)c2)CC1. The van der Waals surface area contributed by atoms with E-state index in [2.05, 4.69) is 4.90 Å². The molecule has 5 heteroatoms. The predicted octanol–water partition coefficient (Wildman–Crippen LogP) is 1.36. The van der Waals surface area contributed by atoms with Gasteiger partial charge in [0, 0.05) is 39.6 Å². The zero-order valence-electron chi connectivity index (χ0n) is 10.9. The first kappa shape index (κ1) is 13.5. The van der Waals surface area contributed by atoms with Crippen LogP contribution in [-0.4, -0.2) is 41.9 Å². The van der Waals surface area contributed by atoms with Crippen LogP contribution in [0.25, 0.3) is 0 Å². The lowest BCUT2D eigenvalue weighted by atomic mass is 10.1. The van der Waals surface area contributed by atoms with Gasteiger partial charge in [-0.2, -0.15) is 5.26 Å². The second kappa shape index (κ2) is 5.81. The van der Waals surface area contributed by atoms with E-state index in [-0.39, 0.29) is 11.5 Å². The second-order valence-corrected chi connectivity index (χ2v) is 4.71. The second-order valence-electron chi connectivity index (χ2n) is 4.71. The van der Waals surface area contributed by atoms with Crippen LogP contribution in [0.1, 0.15) is 18.1 Å². The molecule has 1 heterocycles. The molecule has 1 fully saturated rings. The average Bonchev–Trinajstić information content (AvgIpc) is 2.41. The first-order valence-electron chi connectivity index (χ1n) is 6.26. The molecule has 0 N–H and O–H groups in total. The van der Waals surface area contributed by atoms with E-state index in [1.807, 2.05) is 11.0 Å². The summed E-state index contributed by atoms with van der Waals surface area (Å²) in [7, 11) is 0. The van der Waals surface area contributed by atoms with Crippen molar-refractivity contribution < 1.29 is 9.18 Å². The molecule has 2 rings (SSSR count). The van der Waals surface area contributed by atoms with Crippen molar-refractivity contribution in [1.29, 1.82) is 5.26 Å². The summed E-state index contributed by atoms with van der Waals surface area (Å²) in [4.78, 5) is 15.2. The highest BCUT2D eigenvalue weighted by molar-refractivity contribution is 5.73. The molecule has 0 unspecified atom stereocenters. The van der Waals surface area contributed by atoms with Crippen LogP contribution in [0.5, 0.6) is 0 Å². The van der Waals surface area contributed by atoms with Gasteiger partial charge in [0.05, 0.1) is 5.56 Å². The molecular weight excluding hydrogens is 245 g/mol. The average molecular weight is 261 g/mol. The number of carbonyl (C=O) groups excluding carboxylic acids is 1. The van der Waals surface area contributed by atoms with Crippen LogP contribution in [0, 0.1) is 17.1 Å². The minimum Gasteiger partial charge on any atom is -0.340 e. The molecule has 4 nitrogen and oxygen atoms in total. The third-order valence-electron chi connectivity index (χ3n) is 3.38. The third kappa shape index (κ3) is 3.30. The van der Waals surface area contributed by atoms with Crippen molar-refractivity contribution in [1.82, 2.24) is 9.80 Å². The van der Waals surface area contributed by atoms with Crippen molar-refractivity contribution in [3.63, 3.8) is 0 Å². The van der Waals surface area contributed by atoms with Crippen LogP contribution >= 0.6 is 0 Å². The largest absolute Gasteiger partial charge is 0.340 e. The molecule has 0 radical (unpaired) electrons. The summed E-state index contributed by atoms with van der Waals surface area (Å²) in [5, 5.41) is 8.80. The lowest BCUT2D eigenvalue weighted by molar-refractivity contribution is -0.130. The zero-order valence-corrected chi connectivity index (χ0v) is 10.9. The number of nitrogens with zero attached hydrogens (tertiary/aromatic N) is 3. The van der Waals surface area contributed by atoms with E-state index >= 15 is 0 Å². The molecule has 0 aromatic heterocycles. The maximum absolute atomic E-state index is 13.2. The Hall–Kier alpha value is -1.93. The Balaban J connectivity index is 1.96. The van der Waals surface area contributed by atoms with Gasteiger partial charge < -0.3 is 4.90 Å². The van der Waals surface area contributed by atoms with Crippen molar-refractivity contribution in [2.45, 2.75) is 13.5 Å². The van der Waals surface area contributed by atoms with E-state index < -0.39 is 5.82 Å². The number of halogens is 1. The highest BCUT2D eigenvalue weighted by atomic mass is 19.1. The van der Waals surface area contributed by atoms with Gasteiger partial charge in [0.2, 0.25) is 5.91 Å². The molecule has 0 aliphatic carbocycles. The van der Waals surface area contributed by atoms with E-state index in [0.717, 1.165) is 31.7 Å². The lowest BCUT2D eigenvalue weighted by Gasteiger charge is -2.34. The molecule has 0 saturated carbocycles. The van der Waals surface area contributed by atoms with Crippen molar-refractivity contribution in [3.8, 4) is 6.07 Å². The van der Waals surface area contributed by atoms with Crippen molar-refractivity contribution in [2.75, 3.05) is 26.2 Å². The third-order valence-corrected chi connectivity index (χ3v) is 3.38. The quantitative estimate of drug-likeness (QED) is 0.807. The van der Waals surface area contributed by atoms with Gasteiger partial charge in [0.25, 0.3) is 0 Å². The Kier molecular flexibility index (Phi) is 4.13. The number of benzene rings is 1. The highest BCUT2D eigenvalue weighted by Crippen LogP contribution is 2.13. The number of amides is 1. The van der Waals surface area contributed by atoms with Gasteiger partial charge in [-0.05, 0) is 17.7 Å². The lowest BCUT2D eigenvalue weighted by Crippen LogP contribution is -2.47. The maximum atomic E-state index is 13.2. The molecule has 1 amide bonds. The Morgan fingerprint density at radius 3 is 2.63 bits per heavy atom. The van der Waals surface area contributed by atoms with Crippen LogP contribution in [0.15, 0.2) is 18.2 Å². The Morgan fingerprint density at radius 2 is 2.05 bits per heavy atom. The molecule has 1 saturated heterocycles. The summed E-state index contributed by atoms with van der Waals surface area (Å²) in [6.45, 7) is 5.32. The van der Waals surface area contributed by atoms with Crippen LogP contribution < -0.4 is 0 Å². The van der Waals surface area contributed by atoms with E-state index in [0.29, 0.717) is 6.54 Å². The molecule has 19 heavy (non-hydrogen) atoms. The number of hydrogen-bond acceptors (Lipinski definition) is 3. The topological polar surface area (TPSA) is 47.3 Å². The normalized spacial score (nSPS) is 16.2. The highest BCUT2D eigenvalue weighted by Gasteiger charge is 2.18. The molecule has 1 aromatic rings. The molecule has 0 bridgehead atoms. The molecule has 1 aromatic carbocycles. The van der Waals surface area contributed by atoms with Crippen LogP contribution in [-0.2, 0) is 11.3 Å². The molecule has 0 atom stereocenters. The van der Waals surface area contributed by atoms with Gasteiger partial charge in [-0.1, -0.05) is 6.07 Å². The van der Waals surface area contributed by atoms with Gasteiger partial charge in [0.15, 0.2) is 0 Å². The monoisotopic (exact) mass is 261 g/mol. The van der Waals surface area contributed by atoms with Crippen molar-refractivity contribution in [3.05, 3.63) is 35.1 Å². The fourth-order valence-corrected chi connectivity index (χ4v) is 2.24. The molecular formula is C14H16FN3O. The first-order chi connectivity index (χ1) is 9.10. The van der Waals surface area contributed by atoms with Crippen molar-refractivity contribution >= 4 is 5.91 Å². The molecule has 1 aliphatic heterocycles. The summed E-state index contributed by atoms with van der Waals surface area (Å²) in [6.07, 6.45) is 0. The van der Waals surface area contributed by atoms with E-state index in [4.69, 9.17) is 5.26 Å². The number of nitriles is 1. The summed E-state index contributed by atoms with van der Waals surface area (Å²) < 4.78 is 13.2. The summed E-state index contributed by atoms with van der Waals surface area (Å²) in [5.74, 6) is -0.374. The van der Waals surface area contributed by atoms with Crippen LogP contribution in [0.2, 0.25) is 0 Å². The minimum absolute atomic E-state index is 0.0832. The van der Waals surface area contributed by atoms with Crippen LogP contribution in [0.4, 0.5) is 4.39 Å². The number of piperazine rings is 1. The van der Waals surface area contributed by atoms with Gasteiger partial charge in [-0.25, -0.2) is 4.39 Å². The standard InChI is InChI=1S/C14H16FN3O/c1-11(19)18-6-4-17(5-7-18)10-12-2-3-14(15)13(8-12)9-16/h2-3,8H,4-7,10H2,1H3. The summed E-state index contributed by atoms with van der Waals surface area (Å²) in [6, 6.07) is 6.47. The first-order valence-corrected chi connectivity index (χ1v) is 6.26. The fraction of sp³-hybridized carbons (Fsp3) is 0.429. The summed E-state index contributed by atoms with van der Waals surface area (Å²) >= 11 is 0. The van der Waals surface area contributed by atoms with E-state index in [1.54, 1.807) is 19.1 Å². The fourth-order valence-electron chi connectivity index (χ4n) is 2.24. The Morgan fingerprint density at radius 1 is 1.37 bits per heavy atom. The van der Waals surface area contributed by atoms with Gasteiger partial charge in [-0.3, -0.25) is 9.69 Å². The predicted molar refractivity (Wildman–Crippen MR) is 68.6 cm³/mol. The minimum atomic E-state index is -0.479. The smallest absolute Gasteiger partial charge is 0.219 e. The number of hydrogen-bond donors (Lipinski definition) is 0. The van der Waals surface area contributed by atoms with Gasteiger partial charge >= 0.3 is 0 Å². The maximum Gasteiger partial charge on any atom is 0.219 e. The number of carbonyl (C=O) groups is 1. The van der Waals surface area contributed by atoms with E-state index in [9.17, 15) is 9.18 Å². The van der Waals surface area contributed by atoms with E-state index in [1.165, 1.54) is 6.07 Å². The molecule has 0 spiro atoms. The number of rotatable bonds is 2. The zero-order chi connectivity index (χ0) is 13.8. The van der Waals surface area contributed by atoms with Crippen molar-refractivity contribution in [2.24, 2.45) is 0 Å².